The van der Waals surface area contributed by atoms with Crippen molar-refractivity contribution in [3.8, 4) is 11.4 Å². The van der Waals surface area contributed by atoms with E-state index in [1.54, 1.807) is 6.07 Å². The van der Waals surface area contributed by atoms with Gasteiger partial charge in [-0.25, -0.2) is 9.37 Å². The third-order valence-corrected chi connectivity index (χ3v) is 9.05. The van der Waals surface area contributed by atoms with Crippen LogP contribution in [0.3, 0.4) is 0 Å². The molecule has 1 aromatic heterocycles. The van der Waals surface area contributed by atoms with E-state index in [9.17, 15) is 17.6 Å². The van der Waals surface area contributed by atoms with Crippen molar-refractivity contribution in [3.63, 3.8) is 0 Å². The predicted molar refractivity (Wildman–Crippen MR) is 91.0 cm³/mol. The Morgan fingerprint density at radius 3 is 2.28 bits per heavy atom. The molecule has 0 saturated heterocycles. The minimum Gasteiger partial charge on any atom is -0.413 e. The number of aromatic nitrogens is 2. The van der Waals surface area contributed by atoms with Crippen LogP contribution in [0.1, 0.15) is 32.0 Å². The lowest BCUT2D eigenvalue weighted by atomic mass is 10.1. The van der Waals surface area contributed by atoms with E-state index >= 15 is 0 Å². The second-order valence-corrected chi connectivity index (χ2v) is 12.3. The molecular formula is C17H22F4N2OSi. The molecule has 1 aromatic carbocycles. The van der Waals surface area contributed by atoms with Crippen LogP contribution >= 0.6 is 0 Å². The Labute approximate surface area is 145 Å². The molecule has 3 nitrogen and oxygen atoms in total. The molecule has 0 fully saturated rings. The number of rotatable bonds is 4. The maximum Gasteiger partial charge on any atom is 0.432 e. The molecule has 1 N–H and O–H groups in total. The van der Waals surface area contributed by atoms with E-state index in [0.29, 0.717) is 11.8 Å². The van der Waals surface area contributed by atoms with E-state index < -0.39 is 26.0 Å². The molecule has 1 heterocycles. The van der Waals surface area contributed by atoms with Gasteiger partial charge in [0.15, 0.2) is 8.32 Å². The van der Waals surface area contributed by atoms with Gasteiger partial charge in [-0.15, -0.1) is 0 Å². The van der Waals surface area contributed by atoms with Crippen molar-refractivity contribution in [3.05, 3.63) is 41.5 Å². The lowest BCUT2D eigenvalue weighted by molar-refractivity contribution is -0.140. The predicted octanol–water partition coefficient (Wildman–Crippen LogP) is 5.76. The van der Waals surface area contributed by atoms with Gasteiger partial charge in [0.1, 0.15) is 17.3 Å². The number of hydrogen-bond acceptors (Lipinski definition) is 2. The highest BCUT2D eigenvalue weighted by atomic mass is 28.4. The summed E-state index contributed by atoms with van der Waals surface area (Å²) in [6.45, 7) is 10.8. The van der Waals surface area contributed by atoms with Crippen LogP contribution in [0.2, 0.25) is 18.1 Å². The zero-order chi connectivity index (χ0) is 19.0. The van der Waals surface area contributed by atoms with E-state index in [2.05, 4.69) is 43.8 Å². The second kappa shape index (κ2) is 6.57. The largest absolute Gasteiger partial charge is 0.432 e. The van der Waals surface area contributed by atoms with Crippen molar-refractivity contribution in [2.24, 2.45) is 0 Å². The van der Waals surface area contributed by atoms with E-state index in [0.717, 1.165) is 0 Å². The molecule has 0 atom stereocenters. The molecule has 2 aromatic rings. The van der Waals surface area contributed by atoms with Crippen LogP contribution in [-0.2, 0) is 17.2 Å². The first-order chi connectivity index (χ1) is 11.3. The molecule has 0 unspecified atom stereocenters. The maximum absolute atomic E-state index is 14.3. The number of hydrogen-bond donors (Lipinski definition) is 1. The average Bonchev–Trinajstić information content (AvgIpc) is 2.93. The van der Waals surface area contributed by atoms with E-state index in [1.807, 2.05) is 0 Å². The van der Waals surface area contributed by atoms with Gasteiger partial charge in [0, 0.05) is 0 Å². The highest BCUT2D eigenvalue weighted by Gasteiger charge is 2.37. The molecular weight excluding hydrogens is 352 g/mol. The van der Waals surface area contributed by atoms with Crippen LogP contribution in [0, 0.1) is 5.82 Å². The number of H-pyrrole nitrogens is 1. The Hall–Kier alpha value is -1.67. The van der Waals surface area contributed by atoms with Crippen LogP contribution in [-0.4, -0.2) is 18.3 Å². The Bertz CT molecular complexity index is 748. The molecule has 0 amide bonds. The monoisotopic (exact) mass is 374 g/mol. The van der Waals surface area contributed by atoms with Crippen molar-refractivity contribution in [2.75, 3.05) is 0 Å². The number of nitrogens with one attached hydrogen (secondary N) is 1. The fraction of sp³-hybridized carbons (Fsp3) is 0.471. The van der Waals surface area contributed by atoms with Gasteiger partial charge in [-0.2, -0.15) is 13.2 Å². The summed E-state index contributed by atoms with van der Waals surface area (Å²) < 4.78 is 58.2. The van der Waals surface area contributed by atoms with Gasteiger partial charge in [-0.3, -0.25) is 0 Å². The Balaban J connectivity index is 2.17. The van der Waals surface area contributed by atoms with Crippen LogP contribution in [0.5, 0.6) is 0 Å². The summed E-state index contributed by atoms with van der Waals surface area (Å²) in [7, 11) is -1.97. The van der Waals surface area contributed by atoms with Gasteiger partial charge >= 0.3 is 6.18 Å². The van der Waals surface area contributed by atoms with Crippen molar-refractivity contribution in [1.82, 2.24) is 9.97 Å². The van der Waals surface area contributed by atoms with Crippen LogP contribution in [0.15, 0.2) is 24.4 Å². The standard InChI is InChI=1S/C17H22F4N2OSi/c1-16(2,3)25(4,5)24-10-11-6-7-12(13(18)8-11)15-22-9-14(23-15)17(19,20)21/h6-9H,10H2,1-5H3,(H,22,23). The lowest BCUT2D eigenvalue weighted by Crippen LogP contribution is -2.40. The smallest absolute Gasteiger partial charge is 0.413 e. The summed E-state index contributed by atoms with van der Waals surface area (Å²) in [4.78, 5) is 5.73. The fourth-order valence-electron chi connectivity index (χ4n) is 1.92. The zero-order valence-corrected chi connectivity index (χ0v) is 15.9. The van der Waals surface area contributed by atoms with Gasteiger partial charge in [-0.1, -0.05) is 26.8 Å². The Morgan fingerprint density at radius 2 is 1.80 bits per heavy atom. The SMILES string of the molecule is CC(C)(C)[Si](C)(C)OCc1ccc(-c2ncc(C(F)(F)F)[nH]2)c(F)c1. The third kappa shape index (κ3) is 4.49. The normalized spacial score (nSPS) is 13.3. The van der Waals surface area contributed by atoms with Crippen molar-refractivity contribution < 1.29 is 22.0 Å². The topological polar surface area (TPSA) is 37.9 Å². The summed E-state index contributed by atoms with van der Waals surface area (Å²) in [5.41, 5.74) is -0.382. The molecule has 0 spiro atoms. The number of aromatic amines is 1. The van der Waals surface area contributed by atoms with Crippen molar-refractivity contribution in [2.45, 2.75) is 51.7 Å². The molecule has 25 heavy (non-hydrogen) atoms. The Morgan fingerprint density at radius 1 is 1.16 bits per heavy atom. The molecule has 138 valence electrons. The molecule has 0 radical (unpaired) electrons. The lowest BCUT2D eigenvalue weighted by Gasteiger charge is -2.36. The fourth-order valence-corrected chi connectivity index (χ4v) is 2.88. The first-order valence-electron chi connectivity index (χ1n) is 7.86. The number of nitrogens with zero attached hydrogens (tertiary/aromatic N) is 1. The van der Waals surface area contributed by atoms with E-state index in [-0.39, 0.29) is 23.0 Å². The first-order valence-corrected chi connectivity index (χ1v) is 10.8. The van der Waals surface area contributed by atoms with Gasteiger partial charge in [-0.05, 0) is 35.8 Å². The summed E-state index contributed by atoms with van der Waals surface area (Å²) in [5.74, 6) is -0.791. The number of alkyl halides is 3. The van der Waals surface area contributed by atoms with Crippen LogP contribution in [0.25, 0.3) is 11.4 Å². The van der Waals surface area contributed by atoms with E-state index in [1.165, 1.54) is 12.1 Å². The minimum absolute atomic E-state index is 0.00780. The van der Waals surface area contributed by atoms with E-state index in [4.69, 9.17) is 4.43 Å². The second-order valence-electron chi connectivity index (χ2n) is 7.51. The zero-order valence-electron chi connectivity index (χ0n) is 14.9. The molecule has 0 saturated carbocycles. The molecule has 0 aliphatic carbocycles. The summed E-state index contributed by atoms with van der Waals surface area (Å²) in [6.07, 6.45) is -3.89. The van der Waals surface area contributed by atoms with Gasteiger partial charge in [0.05, 0.1) is 18.4 Å². The average molecular weight is 374 g/mol. The minimum atomic E-state index is -4.54. The molecule has 8 heteroatoms. The highest BCUT2D eigenvalue weighted by molar-refractivity contribution is 6.74. The summed E-state index contributed by atoms with van der Waals surface area (Å²) in [5, 5.41) is 0.0354. The van der Waals surface area contributed by atoms with Crippen LogP contribution in [0.4, 0.5) is 17.6 Å². The van der Waals surface area contributed by atoms with Gasteiger partial charge in [0.2, 0.25) is 0 Å². The number of benzene rings is 1. The molecule has 0 aliphatic heterocycles. The molecule has 0 aliphatic rings. The number of imidazole rings is 1. The third-order valence-electron chi connectivity index (χ3n) is 4.58. The first kappa shape index (κ1) is 19.6. The van der Waals surface area contributed by atoms with Crippen molar-refractivity contribution >= 4 is 8.32 Å². The highest BCUT2D eigenvalue weighted by Crippen LogP contribution is 2.37. The summed E-state index contributed by atoms with van der Waals surface area (Å²) >= 11 is 0. The van der Waals surface area contributed by atoms with Crippen LogP contribution < -0.4 is 0 Å². The maximum atomic E-state index is 14.3. The van der Waals surface area contributed by atoms with Gasteiger partial charge < -0.3 is 9.41 Å². The summed E-state index contributed by atoms with van der Waals surface area (Å²) in [6, 6.07) is 4.33. The quantitative estimate of drug-likeness (QED) is 0.546. The molecule has 0 bridgehead atoms. The number of halogens is 4. The molecule has 2 rings (SSSR count). The van der Waals surface area contributed by atoms with Crippen molar-refractivity contribution in [1.29, 1.82) is 0 Å². The Kier molecular flexibility index (Phi) is 5.16. The van der Waals surface area contributed by atoms with Gasteiger partial charge in [0.25, 0.3) is 0 Å².